The van der Waals surface area contributed by atoms with Crippen molar-refractivity contribution in [3.63, 3.8) is 0 Å². The minimum Gasteiger partial charge on any atom is -0.492 e. The molecule has 8 heteroatoms. The topological polar surface area (TPSA) is 59.0 Å². The molecule has 110 valence electrons. The Morgan fingerprint density at radius 3 is 2.60 bits per heavy atom. The molecule has 0 bridgehead atoms. The molecule has 0 aliphatic carbocycles. The molecule has 0 radical (unpaired) electrons. The van der Waals surface area contributed by atoms with Crippen LogP contribution >= 0.6 is 23.2 Å². The summed E-state index contributed by atoms with van der Waals surface area (Å²) in [5, 5.41) is 0.293. The first-order valence-corrected chi connectivity index (χ1v) is 8.23. The summed E-state index contributed by atoms with van der Waals surface area (Å²) >= 11 is 12.1. The summed E-state index contributed by atoms with van der Waals surface area (Å²) in [5.74, 6) is 0.816. The second-order valence-corrected chi connectivity index (χ2v) is 6.80. The van der Waals surface area contributed by atoms with Gasteiger partial charge in [0.15, 0.2) is 0 Å². The summed E-state index contributed by atoms with van der Waals surface area (Å²) in [4.78, 5) is 4.03. The monoisotopic (exact) mass is 336 g/mol. The fraction of sp³-hybridized carbons (Fsp3) is 0.417. The number of aliphatic imine (C=N–C) groups is 1. The van der Waals surface area contributed by atoms with E-state index in [9.17, 15) is 8.42 Å². The molecule has 0 atom stereocenters. The number of hydrogen-bond acceptors (Lipinski definition) is 4. The molecule has 0 fully saturated rings. The van der Waals surface area contributed by atoms with Gasteiger partial charge in [0.2, 0.25) is 0 Å². The highest BCUT2D eigenvalue weighted by atomic mass is 35.5. The Hall–Kier alpha value is -0.980. The predicted octanol–water partition coefficient (Wildman–Crippen LogP) is 2.81. The van der Waals surface area contributed by atoms with Crippen molar-refractivity contribution in [1.82, 2.24) is 4.31 Å². The molecule has 1 aromatic carbocycles. The van der Waals surface area contributed by atoms with Crippen LogP contribution in [0.5, 0.6) is 5.75 Å². The van der Waals surface area contributed by atoms with Crippen molar-refractivity contribution in [3.8, 4) is 5.75 Å². The van der Waals surface area contributed by atoms with E-state index >= 15 is 0 Å². The van der Waals surface area contributed by atoms with Gasteiger partial charge < -0.3 is 4.74 Å². The van der Waals surface area contributed by atoms with E-state index < -0.39 is 10.0 Å². The number of halogens is 2. The molecule has 1 aliphatic heterocycles. The fourth-order valence-electron chi connectivity index (χ4n) is 1.93. The molecule has 0 spiro atoms. The molecular formula is C12H14Cl2N2O3S. The molecule has 2 rings (SSSR count). The van der Waals surface area contributed by atoms with E-state index in [4.69, 9.17) is 27.9 Å². The Bertz CT molecular complexity index is 659. The molecule has 1 heterocycles. The maximum Gasteiger partial charge on any atom is 0.266 e. The second kappa shape index (κ2) is 5.79. The number of amidine groups is 1. The third-order valence-corrected chi connectivity index (χ3v) is 5.50. The molecular weight excluding hydrogens is 323 g/mol. The van der Waals surface area contributed by atoms with Crippen LogP contribution in [0.2, 0.25) is 10.0 Å². The average Bonchev–Trinajstić information content (AvgIpc) is 2.80. The molecule has 0 amide bonds. The normalized spacial score (nSPS) is 15.4. The smallest absolute Gasteiger partial charge is 0.266 e. The number of rotatable bonds is 4. The van der Waals surface area contributed by atoms with Crippen molar-refractivity contribution < 1.29 is 13.2 Å². The zero-order valence-electron chi connectivity index (χ0n) is 11.1. The largest absolute Gasteiger partial charge is 0.492 e. The third kappa shape index (κ3) is 2.73. The van der Waals surface area contributed by atoms with E-state index in [1.807, 2.05) is 0 Å². The van der Waals surface area contributed by atoms with Gasteiger partial charge in [-0.05, 0) is 19.9 Å². The molecule has 5 nitrogen and oxygen atoms in total. The summed E-state index contributed by atoms with van der Waals surface area (Å²) in [6.45, 7) is 4.64. The van der Waals surface area contributed by atoms with Crippen molar-refractivity contribution in [1.29, 1.82) is 0 Å². The molecule has 0 unspecified atom stereocenters. The van der Waals surface area contributed by atoms with Crippen LogP contribution in [-0.4, -0.2) is 38.3 Å². The maximum atomic E-state index is 12.5. The van der Waals surface area contributed by atoms with Crippen molar-refractivity contribution in [2.24, 2.45) is 4.99 Å². The van der Waals surface area contributed by atoms with E-state index in [0.717, 1.165) is 0 Å². The minimum atomic E-state index is -3.74. The molecule has 1 aliphatic rings. The van der Waals surface area contributed by atoms with Gasteiger partial charge in [-0.15, -0.1) is 0 Å². The van der Waals surface area contributed by atoms with E-state index in [1.165, 1.54) is 16.4 Å². The van der Waals surface area contributed by atoms with Gasteiger partial charge in [-0.3, -0.25) is 9.30 Å². The zero-order chi connectivity index (χ0) is 14.9. The SMILES string of the molecule is CCOc1cc(Cl)c(S(=O)(=O)N2CCN=C2C)cc1Cl. The molecule has 0 saturated heterocycles. The molecule has 20 heavy (non-hydrogen) atoms. The molecule has 0 saturated carbocycles. The van der Waals surface area contributed by atoms with Gasteiger partial charge in [-0.1, -0.05) is 23.2 Å². The van der Waals surface area contributed by atoms with Crippen molar-refractivity contribution in [3.05, 3.63) is 22.2 Å². The highest BCUT2D eigenvalue weighted by Crippen LogP contribution is 2.35. The Labute approximate surface area is 128 Å². The van der Waals surface area contributed by atoms with Crippen LogP contribution in [0.1, 0.15) is 13.8 Å². The van der Waals surface area contributed by atoms with Gasteiger partial charge in [-0.25, -0.2) is 8.42 Å². The number of hydrogen-bond donors (Lipinski definition) is 0. The van der Waals surface area contributed by atoms with Gasteiger partial charge in [0.1, 0.15) is 16.5 Å². The average molecular weight is 337 g/mol. The van der Waals surface area contributed by atoms with E-state index in [1.54, 1.807) is 13.8 Å². The highest BCUT2D eigenvalue weighted by molar-refractivity contribution is 7.89. The lowest BCUT2D eigenvalue weighted by Crippen LogP contribution is -2.33. The predicted molar refractivity (Wildman–Crippen MR) is 79.5 cm³/mol. The Balaban J connectivity index is 2.47. The third-order valence-electron chi connectivity index (χ3n) is 2.86. The highest BCUT2D eigenvalue weighted by Gasteiger charge is 2.30. The summed E-state index contributed by atoms with van der Waals surface area (Å²) in [7, 11) is -3.74. The lowest BCUT2D eigenvalue weighted by atomic mass is 10.3. The van der Waals surface area contributed by atoms with Crippen LogP contribution in [0.25, 0.3) is 0 Å². The lowest BCUT2D eigenvalue weighted by Gasteiger charge is -2.19. The number of ether oxygens (including phenoxy) is 1. The van der Waals surface area contributed by atoms with E-state index in [-0.39, 0.29) is 14.9 Å². The Morgan fingerprint density at radius 2 is 2.05 bits per heavy atom. The lowest BCUT2D eigenvalue weighted by molar-refractivity contribution is 0.340. The van der Waals surface area contributed by atoms with Gasteiger partial charge >= 0.3 is 0 Å². The van der Waals surface area contributed by atoms with Crippen LogP contribution < -0.4 is 4.74 Å². The first kappa shape index (κ1) is 15.4. The quantitative estimate of drug-likeness (QED) is 0.849. The summed E-state index contributed by atoms with van der Waals surface area (Å²) < 4.78 is 31.6. The number of nitrogens with zero attached hydrogens (tertiary/aromatic N) is 2. The van der Waals surface area contributed by atoms with Gasteiger partial charge in [0.05, 0.1) is 29.7 Å². The molecule has 0 N–H and O–H groups in total. The molecule has 0 aromatic heterocycles. The van der Waals surface area contributed by atoms with Crippen molar-refractivity contribution in [2.75, 3.05) is 19.7 Å². The summed E-state index contributed by atoms with van der Waals surface area (Å²) in [5.41, 5.74) is 0. The fourth-order valence-corrected chi connectivity index (χ4v) is 4.20. The van der Waals surface area contributed by atoms with Crippen molar-refractivity contribution in [2.45, 2.75) is 18.7 Å². The number of sulfonamides is 1. The van der Waals surface area contributed by atoms with Gasteiger partial charge in [0.25, 0.3) is 10.0 Å². The standard InChI is InChI=1S/C12H14Cl2N2O3S/c1-3-19-11-6-10(14)12(7-9(11)13)20(17,18)16-5-4-15-8(16)2/h6-7H,3-5H2,1-2H3. The minimum absolute atomic E-state index is 0.0379. The van der Waals surface area contributed by atoms with Crippen LogP contribution in [-0.2, 0) is 10.0 Å². The van der Waals surface area contributed by atoms with Gasteiger partial charge in [0, 0.05) is 6.07 Å². The Morgan fingerprint density at radius 1 is 1.35 bits per heavy atom. The number of benzene rings is 1. The van der Waals surface area contributed by atoms with Crippen LogP contribution in [0.3, 0.4) is 0 Å². The maximum absolute atomic E-state index is 12.5. The first-order chi connectivity index (χ1) is 9.37. The Kier molecular flexibility index (Phi) is 4.46. The zero-order valence-corrected chi connectivity index (χ0v) is 13.4. The summed E-state index contributed by atoms with van der Waals surface area (Å²) in [6, 6.07) is 2.73. The first-order valence-electron chi connectivity index (χ1n) is 6.03. The molecule has 1 aromatic rings. The van der Waals surface area contributed by atoms with E-state index in [2.05, 4.69) is 4.99 Å². The summed E-state index contributed by atoms with van der Waals surface area (Å²) in [6.07, 6.45) is 0. The van der Waals surface area contributed by atoms with E-state index in [0.29, 0.717) is 31.3 Å². The van der Waals surface area contributed by atoms with Crippen molar-refractivity contribution >= 4 is 39.1 Å². The van der Waals surface area contributed by atoms with Gasteiger partial charge in [-0.2, -0.15) is 0 Å². The van der Waals surface area contributed by atoms with Crippen LogP contribution in [0, 0.1) is 0 Å². The van der Waals surface area contributed by atoms with Crippen LogP contribution in [0.4, 0.5) is 0 Å². The van der Waals surface area contributed by atoms with Crippen LogP contribution in [0.15, 0.2) is 22.0 Å². The second-order valence-electron chi connectivity index (χ2n) is 4.15.